The highest BCUT2D eigenvalue weighted by Gasteiger charge is 2.37. The van der Waals surface area contributed by atoms with Crippen molar-refractivity contribution in [3.63, 3.8) is 0 Å². The Morgan fingerprint density at radius 1 is 1.27 bits per heavy atom. The third-order valence-electron chi connectivity index (χ3n) is 3.74. The lowest BCUT2D eigenvalue weighted by atomic mass is 10.1. The van der Waals surface area contributed by atoms with Crippen molar-refractivity contribution in [2.24, 2.45) is 0 Å². The molecule has 0 aliphatic carbocycles. The Morgan fingerprint density at radius 2 is 1.85 bits per heavy atom. The van der Waals surface area contributed by atoms with Crippen LogP contribution in [0.5, 0.6) is 0 Å². The number of hydrogen-bond donors (Lipinski definition) is 1. The first-order valence-electron chi connectivity index (χ1n) is 7.82. The molecule has 1 aromatic rings. The molecule has 1 aliphatic rings. The Kier molecular flexibility index (Phi) is 5.73. The molecule has 0 atom stereocenters. The number of amides is 1. The number of carbonyl (C=O) groups excluding carboxylic acids is 2. The fourth-order valence-corrected chi connectivity index (χ4v) is 5.64. The van der Waals surface area contributed by atoms with Gasteiger partial charge < -0.3 is 4.74 Å². The Morgan fingerprint density at radius 3 is 2.31 bits per heavy atom. The number of anilines is 1. The molecule has 0 bridgehead atoms. The molecule has 0 aromatic heterocycles. The summed E-state index contributed by atoms with van der Waals surface area (Å²) in [6, 6.07) is 2.65. The van der Waals surface area contributed by atoms with Crippen LogP contribution in [0.1, 0.15) is 24.5 Å². The Hall–Kier alpha value is -1.98. The van der Waals surface area contributed by atoms with Gasteiger partial charge in [-0.25, -0.2) is 21.1 Å². The molecule has 0 radical (unpaired) electrons. The van der Waals surface area contributed by atoms with Gasteiger partial charge in [0, 0.05) is 6.42 Å². The van der Waals surface area contributed by atoms with Crippen molar-refractivity contribution in [1.29, 1.82) is 0 Å². The molecule has 2 rings (SSSR count). The van der Waals surface area contributed by atoms with E-state index in [0.717, 1.165) is 0 Å². The normalized spacial score (nSPS) is 16.7. The van der Waals surface area contributed by atoms with E-state index in [1.54, 1.807) is 6.92 Å². The number of sulfonamides is 2. The van der Waals surface area contributed by atoms with Gasteiger partial charge in [0.25, 0.3) is 0 Å². The lowest BCUT2D eigenvalue weighted by Crippen LogP contribution is -2.32. The molecule has 0 spiro atoms. The summed E-state index contributed by atoms with van der Waals surface area (Å²) in [6.07, 6.45) is -0.110. The molecule has 1 N–H and O–H groups in total. The van der Waals surface area contributed by atoms with Crippen LogP contribution < -0.4 is 9.03 Å². The zero-order valence-corrected chi connectivity index (χ0v) is 16.2. The van der Waals surface area contributed by atoms with Gasteiger partial charge in [0.05, 0.1) is 22.9 Å². The lowest BCUT2D eigenvalue weighted by Gasteiger charge is -2.19. The second-order valence-corrected chi connectivity index (χ2v) is 9.40. The number of ether oxygens (including phenoxy) is 1. The first kappa shape index (κ1) is 20.3. The van der Waals surface area contributed by atoms with Crippen LogP contribution >= 0.6 is 0 Å². The van der Waals surface area contributed by atoms with Gasteiger partial charge in [-0.05, 0) is 44.0 Å². The van der Waals surface area contributed by atoms with Gasteiger partial charge in [0.1, 0.15) is 6.54 Å². The Labute approximate surface area is 152 Å². The highest BCUT2D eigenvalue weighted by Crippen LogP contribution is 2.31. The molecule has 1 saturated heterocycles. The summed E-state index contributed by atoms with van der Waals surface area (Å²) < 4.78 is 56.6. The standard InChI is InChI=1S/C15H20N2O7S2/c1-4-24-14(19)9-16-26(22,23)15-10(2)7-12(8-11(15)3)17-13(18)5-6-25(17,20)21/h7-8,16H,4-6,9H2,1-3H3. The minimum Gasteiger partial charge on any atom is -0.465 e. The van der Waals surface area contributed by atoms with Crippen LogP contribution in [-0.4, -0.2) is 47.6 Å². The average Bonchev–Trinajstić information content (AvgIpc) is 2.78. The largest absolute Gasteiger partial charge is 0.465 e. The maximum Gasteiger partial charge on any atom is 0.321 e. The predicted octanol–water partition coefficient (Wildman–Crippen LogP) is 0.211. The number of carbonyl (C=O) groups is 2. The first-order chi connectivity index (χ1) is 12.0. The van der Waals surface area contributed by atoms with Crippen LogP contribution in [0.4, 0.5) is 5.69 Å². The second-order valence-electron chi connectivity index (χ2n) is 5.76. The number of aryl methyl sites for hydroxylation is 2. The summed E-state index contributed by atoms with van der Waals surface area (Å²) in [6.45, 7) is 4.19. The quantitative estimate of drug-likeness (QED) is 0.672. The molecule has 0 saturated carbocycles. The minimum absolute atomic E-state index is 0.0745. The van der Waals surface area contributed by atoms with Gasteiger partial charge in [-0.15, -0.1) is 0 Å². The van der Waals surface area contributed by atoms with E-state index in [1.807, 2.05) is 0 Å². The van der Waals surface area contributed by atoms with Gasteiger partial charge in [0.2, 0.25) is 26.0 Å². The SMILES string of the molecule is CCOC(=O)CNS(=O)(=O)c1c(C)cc(N2C(=O)CCS2(=O)=O)cc1C. The van der Waals surface area contributed by atoms with Crippen molar-refractivity contribution in [1.82, 2.24) is 4.72 Å². The second kappa shape index (κ2) is 7.33. The van der Waals surface area contributed by atoms with E-state index in [9.17, 15) is 26.4 Å². The molecule has 9 nitrogen and oxygen atoms in total. The molecular weight excluding hydrogens is 384 g/mol. The van der Waals surface area contributed by atoms with Gasteiger partial charge in [0.15, 0.2) is 0 Å². The predicted molar refractivity (Wildman–Crippen MR) is 93.6 cm³/mol. The smallest absolute Gasteiger partial charge is 0.321 e. The molecule has 1 heterocycles. The van der Waals surface area contributed by atoms with E-state index >= 15 is 0 Å². The summed E-state index contributed by atoms with van der Waals surface area (Å²) in [7, 11) is -7.76. The number of nitrogens with zero attached hydrogens (tertiary/aromatic N) is 1. The van der Waals surface area contributed by atoms with Crippen LogP contribution in [0.15, 0.2) is 17.0 Å². The summed E-state index contributed by atoms with van der Waals surface area (Å²) >= 11 is 0. The zero-order valence-electron chi connectivity index (χ0n) is 14.6. The fraction of sp³-hybridized carbons (Fsp3) is 0.467. The summed E-state index contributed by atoms with van der Waals surface area (Å²) in [5.74, 6) is -1.54. The van der Waals surface area contributed by atoms with Gasteiger partial charge in [-0.1, -0.05) is 0 Å². The molecule has 144 valence electrons. The highest BCUT2D eigenvalue weighted by molar-refractivity contribution is 7.94. The van der Waals surface area contributed by atoms with E-state index in [2.05, 4.69) is 9.46 Å². The Bertz CT molecular complexity index is 929. The van der Waals surface area contributed by atoms with Crippen molar-refractivity contribution in [3.05, 3.63) is 23.3 Å². The molecule has 11 heteroatoms. The van der Waals surface area contributed by atoms with E-state index in [0.29, 0.717) is 4.31 Å². The number of esters is 1. The van der Waals surface area contributed by atoms with Crippen LogP contribution in [0.3, 0.4) is 0 Å². The number of hydrogen-bond acceptors (Lipinski definition) is 7. The molecule has 1 fully saturated rings. The van der Waals surface area contributed by atoms with E-state index in [1.165, 1.54) is 26.0 Å². The fourth-order valence-electron chi connectivity index (χ4n) is 2.78. The van der Waals surface area contributed by atoms with E-state index < -0.39 is 38.5 Å². The molecule has 0 unspecified atom stereocenters. The highest BCUT2D eigenvalue weighted by atomic mass is 32.2. The monoisotopic (exact) mass is 404 g/mol. The van der Waals surface area contributed by atoms with Crippen molar-refractivity contribution < 1.29 is 31.2 Å². The summed E-state index contributed by atoms with van der Waals surface area (Å²) in [5.41, 5.74) is 0.615. The third-order valence-corrected chi connectivity index (χ3v) is 7.14. The van der Waals surface area contributed by atoms with Gasteiger partial charge >= 0.3 is 5.97 Å². The van der Waals surface area contributed by atoms with Gasteiger partial charge in [-0.2, -0.15) is 4.72 Å². The molecule has 1 aromatic carbocycles. The van der Waals surface area contributed by atoms with Crippen molar-refractivity contribution in [2.75, 3.05) is 23.2 Å². The number of benzene rings is 1. The lowest BCUT2D eigenvalue weighted by molar-refractivity contribution is -0.141. The number of nitrogens with one attached hydrogen (secondary N) is 1. The maximum absolute atomic E-state index is 12.5. The third kappa shape index (κ3) is 4.05. The van der Waals surface area contributed by atoms with Crippen molar-refractivity contribution in [2.45, 2.75) is 32.1 Å². The molecule has 1 aliphatic heterocycles. The maximum atomic E-state index is 12.5. The van der Waals surface area contributed by atoms with Crippen molar-refractivity contribution >= 4 is 37.6 Å². The van der Waals surface area contributed by atoms with Crippen LogP contribution in [0, 0.1) is 13.8 Å². The first-order valence-corrected chi connectivity index (χ1v) is 10.9. The number of rotatable bonds is 6. The van der Waals surface area contributed by atoms with Crippen LogP contribution in [0.25, 0.3) is 0 Å². The zero-order chi connectivity index (χ0) is 19.7. The summed E-state index contributed by atoms with van der Waals surface area (Å²) in [5, 5.41) is 0. The van der Waals surface area contributed by atoms with Crippen LogP contribution in [-0.2, 0) is 34.4 Å². The molecule has 26 heavy (non-hydrogen) atoms. The Balaban J connectivity index is 2.38. The topological polar surface area (TPSA) is 127 Å². The van der Waals surface area contributed by atoms with Gasteiger partial charge in [-0.3, -0.25) is 9.59 Å². The average molecular weight is 404 g/mol. The molecular formula is C15H20N2O7S2. The van der Waals surface area contributed by atoms with Crippen molar-refractivity contribution in [3.8, 4) is 0 Å². The van der Waals surface area contributed by atoms with E-state index in [4.69, 9.17) is 0 Å². The minimum atomic E-state index is -4.02. The summed E-state index contributed by atoms with van der Waals surface area (Å²) in [4.78, 5) is 23.2. The van der Waals surface area contributed by atoms with E-state index in [-0.39, 0.29) is 40.5 Å². The molecule has 1 amide bonds. The van der Waals surface area contributed by atoms with Crippen LogP contribution in [0.2, 0.25) is 0 Å².